The molecule has 0 radical (unpaired) electrons. The number of hydrogen-bond donors (Lipinski definition) is 1. The highest BCUT2D eigenvalue weighted by Crippen LogP contribution is 2.10. The maximum absolute atomic E-state index is 11.1. The van der Waals surface area contributed by atoms with Gasteiger partial charge in [0, 0.05) is 28.9 Å². The van der Waals surface area contributed by atoms with Crippen molar-refractivity contribution in [3.05, 3.63) is 18.3 Å². The van der Waals surface area contributed by atoms with Crippen molar-refractivity contribution < 1.29 is 8.95 Å². The van der Waals surface area contributed by atoms with Crippen LogP contribution in [0, 0.1) is 0 Å². The van der Waals surface area contributed by atoms with Crippen LogP contribution in [0.15, 0.2) is 18.3 Å². The zero-order valence-electron chi connectivity index (χ0n) is 9.03. The van der Waals surface area contributed by atoms with Crippen molar-refractivity contribution in [2.24, 2.45) is 0 Å². The van der Waals surface area contributed by atoms with E-state index in [1.807, 2.05) is 19.1 Å². The van der Waals surface area contributed by atoms with Crippen molar-refractivity contribution >= 4 is 16.6 Å². The summed E-state index contributed by atoms with van der Waals surface area (Å²) in [4.78, 5) is 4.14. The molecule has 4 nitrogen and oxygen atoms in total. The zero-order valence-corrected chi connectivity index (χ0v) is 9.84. The van der Waals surface area contributed by atoms with E-state index in [1.165, 1.54) is 0 Å². The summed E-state index contributed by atoms with van der Waals surface area (Å²) in [6, 6.07) is 3.68. The van der Waals surface area contributed by atoms with Gasteiger partial charge in [-0.25, -0.2) is 4.98 Å². The number of nitrogens with one attached hydrogen (secondary N) is 1. The minimum Gasteiger partial charge on any atom is -0.495 e. The summed E-state index contributed by atoms with van der Waals surface area (Å²) in [6.45, 7) is 2.60. The van der Waals surface area contributed by atoms with Gasteiger partial charge in [0.1, 0.15) is 11.6 Å². The zero-order chi connectivity index (χ0) is 11.1. The summed E-state index contributed by atoms with van der Waals surface area (Å²) >= 11 is 0. The second-order valence-corrected chi connectivity index (χ2v) is 4.81. The quantitative estimate of drug-likeness (QED) is 0.796. The number of anilines is 1. The molecule has 0 saturated carbocycles. The lowest BCUT2D eigenvalue weighted by Crippen LogP contribution is -2.12. The fourth-order valence-corrected chi connectivity index (χ4v) is 1.66. The standard InChI is InChI=1S/C10H16N2O2S/c1-3-15(13)7-6-11-10-5-4-9(14-2)8-12-10/h4-5,8H,3,6-7H2,1-2H3,(H,11,12). The van der Waals surface area contributed by atoms with Crippen LogP contribution in [-0.4, -0.2) is 34.4 Å². The number of rotatable bonds is 6. The molecule has 0 fully saturated rings. The molecule has 0 aliphatic heterocycles. The van der Waals surface area contributed by atoms with Crippen molar-refractivity contribution in [2.45, 2.75) is 6.92 Å². The van der Waals surface area contributed by atoms with E-state index in [0.29, 0.717) is 18.1 Å². The van der Waals surface area contributed by atoms with Gasteiger partial charge in [-0.3, -0.25) is 4.21 Å². The molecule has 0 amide bonds. The number of hydrogen-bond acceptors (Lipinski definition) is 4. The summed E-state index contributed by atoms with van der Waals surface area (Å²) in [5.74, 6) is 2.88. The number of pyridine rings is 1. The van der Waals surface area contributed by atoms with Crippen LogP contribution >= 0.6 is 0 Å². The summed E-state index contributed by atoms with van der Waals surface area (Å²) in [5.41, 5.74) is 0. The lowest BCUT2D eigenvalue weighted by molar-refractivity contribution is 0.413. The largest absolute Gasteiger partial charge is 0.495 e. The van der Waals surface area contributed by atoms with Crippen LogP contribution in [0.3, 0.4) is 0 Å². The fourth-order valence-electron chi connectivity index (χ4n) is 1.04. The molecular weight excluding hydrogens is 212 g/mol. The first kappa shape index (κ1) is 12.0. The molecule has 0 saturated heterocycles. The molecule has 1 N–H and O–H groups in total. The molecule has 5 heteroatoms. The van der Waals surface area contributed by atoms with Gasteiger partial charge in [-0.05, 0) is 12.1 Å². The first-order chi connectivity index (χ1) is 7.26. The Labute approximate surface area is 92.5 Å². The topological polar surface area (TPSA) is 51.2 Å². The molecule has 1 unspecified atom stereocenters. The Kier molecular flexibility index (Phi) is 5.10. The minimum absolute atomic E-state index is 0.657. The van der Waals surface area contributed by atoms with E-state index in [9.17, 15) is 4.21 Å². The third kappa shape index (κ3) is 4.29. The monoisotopic (exact) mass is 228 g/mol. The van der Waals surface area contributed by atoms with Gasteiger partial charge in [-0.2, -0.15) is 0 Å². The number of methoxy groups -OCH3 is 1. The predicted octanol–water partition coefficient (Wildman–Crippen LogP) is 1.27. The fraction of sp³-hybridized carbons (Fsp3) is 0.500. The lowest BCUT2D eigenvalue weighted by Gasteiger charge is -2.05. The van der Waals surface area contributed by atoms with E-state index in [4.69, 9.17) is 4.74 Å². The average Bonchev–Trinajstić information content (AvgIpc) is 2.29. The van der Waals surface area contributed by atoms with Crippen molar-refractivity contribution in [3.8, 4) is 5.75 Å². The molecule has 15 heavy (non-hydrogen) atoms. The third-order valence-corrected chi connectivity index (χ3v) is 3.23. The highest BCUT2D eigenvalue weighted by atomic mass is 32.2. The van der Waals surface area contributed by atoms with Gasteiger partial charge in [0.25, 0.3) is 0 Å². The third-order valence-electron chi connectivity index (χ3n) is 1.93. The maximum Gasteiger partial charge on any atom is 0.137 e. The van der Waals surface area contributed by atoms with Gasteiger partial charge >= 0.3 is 0 Å². The normalized spacial score (nSPS) is 12.1. The van der Waals surface area contributed by atoms with Crippen LogP contribution in [-0.2, 0) is 10.8 Å². The van der Waals surface area contributed by atoms with Crippen molar-refractivity contribution in [2.75, 3.05) is 30.5 Å². The molecule has 84 valence electrons. The Morgan fingerprint density at radius 3 is 2.87 bits per heavy atom. The van der Waals surface area contributed by atoms with Crippen LogP contribution in [0.4, 0.5) is 5.82 Å². The van der Waals surface area contributed by atoms with Gasteiger partial charge < -0.3 is 10.1 Å². The SMILES string of the molecule is CCS(=O)CCNc1ccc(OC)cn1. The second-order valence-electron chi connectivity index (χ2n) is 2.94. The molecule has 1 aromatic rings. The van der Waals surface area contributed by atoms with Crippen LogP contribution in [0.5, 0.6) is 5.75 Å². The molecule has 0 spiro atoms. The first-order valence-corrected chi connectivity index (χ1v) is 6.34. The van der Waals surface area contributed by atoms with E-state index < -0.39 is 10.8 Å². The van der Waals surface area contributed by atoms with Gasteiger partial charge in [-0.1, -0.05) is 6.92 Å². The summed E-state index contributed by atoms with van der Waals surface area (Å²) in [5, 5.41) is 3.10. The molecule has 1 aromatic heterocycles. The molecule has 0 bridgehead atoms. The summed E-state index contributed by atoms with van der Waals surface area (Å²) in [7, 11) is 0.884. The minimum atomic E-state index is -0.722. The van der Waals surface area contributed by atoms with Crippen LogP contribution in [0.2, 0.25) is 0 Å². The Hall–Kier alpha value is -1.10. The maximum atomic E-state index is 11.1. The lowest BCUT2D eigenvalue weighted by atomic mass is 10.4. The number of aromatic nitrogens is 1. The van der Waals surface area contributed by atoms with Crippen molar-refractivity contribution in [3.63, 3.8) is 0 Å². The summed E-state index contributed by atoms with van der Waals surface area (Å²) < 4.78 is 16.1. The highest BCUT2D eigenvalue weighted by Gasteiger charge is 1.97. The van der Waals surface area contributed by atoms with E-state index >= 15 is 0 Å². The molecule has 0 aromatic carbocycles. The molecule has 1 heterocycles. The summed E-state index contributed by atoms with van der Waals surface area (Å²) in [6.07, 6.45) is 1.65. The average molecular weight is 228 g/mol. The number of ether oxygens (including phenoxy) is 1. The molecule has 1 rings (SSSR count). The van der Waals surface area contributed by atoms with E-state index in [2.05, 4.69) is 10.3 Å². The first-order valence-electron chi connectivity index (χ1n) is 4.85. The van der Waals surface area contributed by atoms with Crippen LogP contribution < -0.4 is 10.1 Å². The van der Waals surface area contributed by atoms with Gasteiger partial charge in [0.05, 0.1) is 13.3 Å². The molecule has 0 aliphatic carbocycles. The number of nitrogens with zero attached hydrogens (tertiary/aromatic N) is 1. The highest BCUT2D eigenvalue weighted by molar-refractivity contribution is 7.84. The Balaban J connectivity index is 2.34. The van der Waals surface area contributed by atoms with Gasteiger partial charge in [-0.15, -0.1) is 0 Å². The molecular formula is C10H16N2O2S. The van der Waals surface area contributed by atoms with E-state index in [-0.39, 0.29) is 0 Å². The Bertz CT molecular complexity index is 314. The van der Waals surface area contributed by atoms with Gasteiger partial charge in [0.15, 0.2) is 0 Å². The second kappa shape index (κ2) is 6.40. The van der Waals surface area contributed by atoms with Gasteiger partial charge in [0.2, 0.25) is 0 Å². The van der Waals surface area contributed by atoms with Crippen molar-refractivity contribution in [1.29, 1.82) is 0 Å². The Morgan fingerprint density at radius 2 is 2.33 bits per heavy atom. The predicted molar refractivity (Wildman–Crippen MR) is 62.8 cm³/mol. The van der Waals surface area contributed by atoms with E-state index in [0.717, 1.165) is 11.6 Å². The Morgan fingerprint density at radius 1 is 1.53 bits per heavy atom. The molecule has 1 atom stereocenters. The van der Waals surface area contributed by atoms with E-state index in [1.54, 1.807) is 13.3 Å². The molecule has 0 aliphatic rings. The van der Waals surface area contributed by atoms with Crippen LogP contribution in [0.25, 0.3) is 0 Å². The van der Waals surface area contributed by atoms with Crippen LogP contribution in [0.1, 0.15) is 6.92 Å². The van der Waals surface area contributed by atoms with Crippen molar-refractivity contribution in [1.82, 2.24) is 4.98 Å². The smallest absolute Gasteiger partial charge is 0.137 e.